The van der Waals surface area contributed by atoms with Crippen LogP contribution in [0.3, 0.4) is 0 Å². The predicted octanol–water partition coefficient (Wildman–Crippen LogP) is -0.994. The minimum absolute atomic E-state index is 0.222. The molecule has 1 aliphatic heterocycles. The Bertz CT molecular complexity index is 651. The van der Waals surface area contributed by atoms with Crippen LogP contribution in [-0.2, 0) is 4.74 Å². The summed E-state index contributed by atoms with van der Waals surface area (Å²) in [6.45, 7) is 1.55. The van der Waals surface area contributed by atoms with Gasteiger partial charge in [0.2, 0.25) is 0 Å². The number of nitrogens with zero attached hydrogens (tertiary/aromatic N) is 3. The molecule has 2 aromatic heterocycles. The van der Waals surface area contributed by atoms with Crippen molar-refractivity contribution in [2.24, 2.45) is 5.92 Å². The lowest BCUT2D eigenvalue weighted by Gasteiger charge is -2.17. The number of hydrogen-bond donors (Lipinski definition) is 3. The minimum Gasteiger partial charge on any atom is -0.394 e. The average molecular weight is 266 g/mol. The van der Waals surface area contributed by atoms with E-state index >= 15 is 0 Å². The molecule has 3 unspecified atom stereocenters. The first-order valence-electron chi connectivity index (χ1n) is 5.98. The zero-order valence-electron chi connectivity index (χ0n) is 10.2. The molecule has 0 radical (unpaired) electrons. The molecule has 1 saturated heterocycles. The standard InChI is InChI=1S/C11H14N4O4/c1-5-8(17)6(2-16)19-11(5)15-4-14-7-9(15)12-3-13-10(7)18/h3-6,8,11,16-17H,2H2,1H3,(H,12,13,18)/t5?,6-,8?,11?/m1/s1. The molecule has 8 heteroatoms. The number of fused-ring (bicyclic) bond motifs is 1. The van der Waals surface area contributed by atoms with Gasteiger partial charge >= 0.3 is 0 Å². The van der Waals surface area contributed by atoms with E-state index in [1.165, 1.54) is 12.7 Å². The number of ether oxygens (including phenoxy) is 1. The molecule has 4 atom stereocenters. The SMILES string of the molecule is CC1C(O)[C@@H](CO)OC1n1cnc2c(=O)[nH]cnc21. The molecule has 2 aromatic rings. The van der Waals surface area contributed by atoms with Crippen LogP contribution in [0.2, 0.25) is 0 Å². The number of hydrogen-bond acceptors (Lipinski definition) is 6. The maximum atomic E-state index is 11.6. The first-order chi connectivity index (χ1) is 9.13. The van der Waals surface area contributed by atoms with Gasteiger partial charge in [-0.05, 0) is 0 Å². The van der Waals surface area contributed by atoms with Crippen molar-refractivity contribution in [1.82, 2.24) is 19.5 Å². The van der Waals surface area contributed by atoms with E-state index in [0.29, 0.717) is 5.65 Å². The van der Waals surface area contributed by atoms with Gasteiger partial charge in [-0.25, -0.2) is 9.97 Å². The third-order valence-electron chi connectivity index (χ3n) is 3.50. The number of aromatic amines is 1. The number of aliphatic hydroxyl groups is 2. The van der Waals surface area contributed by atoms with Crippen molar-refractivity contribution >= 4 is 11.2 Å². The highest BCUT2D eigenvalue weighted by atomic mass is 16.5. The third kappa shape index (κ3) is 1.76. The van der Waals surface area contributed by atoms with Gasteiger partial charge in [0.15, 0.2) is 11.2 Å². The van der Waals surface area contributed by atoms with Gasteiger partial charge in [-0.1, -0.05) is 6.92 Å². The summed E-state index contributed by atoms with van der Waals surface area (Å²) in [6, 6.07) is 0. The molecule has 0 saturated carbocycles. The number of aliphatic hydroxyl groups excluding tert-OH is 2. The largest absolute Gasteiger partial charge is 0.394 e. The highest BCUT2D eigenvalue weighted by molar-refractivity contribution is 5.68. The monoisotopic (exact) mass is 266 g/mol. The van der Waals surface area contributed by atoms with Gasteiger partial charge in [0.1, 0.15) is 12.3 Å². The molecule has 3 rings (SSSR count). The summed E-state index contributed by atoms with van der Waals surface area (Å²) in [7, 11) is 0. The second kappa shape index (κ2) is 4.41. The Balaban J connectivity index is 2.06. The van der Waals surface area contributed by atoms with Gasteiger partial charge in [0, 0.05) is 5.92 Å². The fourth-order valence-corrected chi connectivity index (χ4v) is 2.41. The average Bonchev–Trinajstić information content (AvgIpc) is 2.94. The molecule has 0 bridgehead atoms. The summed E-state index contributed by atoms with van der Waals surface area (Å²) in [5, 5.41) is 19.1. The maximum Gasteiger partial charge on any atom is 0.278 e. The Kier molecular flexibility index (Phi) is 2.85. The summed E-state index contributed by atoms with van der Waals surface area (Å²) < 4.78 is 7.20. The Hall–Kier alpha value is -1.77. The predicted molar refractivity (Wildman–Crippen MR) is 64.3 cm³/mol. The third-order valence-corrected chi connectivity index (χ3v) is 3.50. The fraction of sp³-hybridized carbons (Fsp3) is 0.545. The lowest BCUT2D eigenvalue weighted by Crippen LogP contribution is -2.28. The normalized spacial score (nSPS) is 31.1. The molecule has 19 heavy (non-hydrogen) atoms. The summed E-state index contributed by atoms with van der Waals surface area (Å²) in [5.74, 6) is -0.240. The van der Waals surface area contributed by atoms with E-state index in [4.69, 9.17) is 9.84 Å². The summed E-state index contributed by atoms with van der Waals surface area (Å²) >= 11 is 0. The molecule has 1 fully saturated rings. The molecular formula is C11H14N4O4. The maximum absolute atomic E-state index is 11.6. The first kappa shape index (κ1) is 12.3. The molecule has 0 aliphatic carbocycles. The zero-order chi connectivity index (χ0) is 13.6. The van der Waals surface area contributed by atoms with Gasteiger partial charge < -0.3 is 19.9 Å². The van der Waals surface area contributed by atoms with Crippen molar-refractivity contribution in [3.05, 3.63) is 23.0 Å². The quantitative estimate of drug-likeness (QED) is 0.643. The number of imidazole rings is 1. The van der Waals surface area contributed by atoms with E-state index in [1.54, 1.807) is 4.57 Å². The van der Waals surface area contributed by atoms with E-state index in [0.717, 1.165) is 0 Å². The van der Waals surface area contributed by atoms with Crippen LogP contribution in [0.1, 0.15) is 13.2 Å². The zero-order valence-corrected chi connectivity index (χ0v) is 10.2. The molecular weight excluding hydrogens is 252 g/mol. The number of nitrogens with one attached hydrogen (secondary N) is 1. The molecule has 0 aromatic carbocycles. The number of H-pyrrole nitrogens is 1. The van der Waals surface area contributed by atoms with Gasteiger partial charge in [-0.15, -0.1) is 0 Å². The molecule has 0 amide bonds. The Morgan fingerprint density at radius 2 is 2.32 bits per heavy atom. The van der Waals surface area contributed by atoms with Gasteiger partial charge in [-0.2, -0.15) is 0 Å². The summed E-state index contributed by atoms with van der Waals surface area (Å²) in [6.07, 6.45) is 0.837. The molecule has 3 N–H and O–H groups in total. The molecule has 0 spiro atoms. The summed E-state index contributed by atoms with van der Waals surface area (Å²) in [5.41, 5.74) is 0.292. The number of aromatic nitrogens is 4. The number of rotatable bonds is 2. The van der Waals surface area contributed by atoms with Gasteiger partial charge in [0.25, 0.3) is 5.56 Å². The van der Waals surface area contributed by atoms with Crippen molar-refractivity contribution in [2.75, 3.05) is 6.61 Å². The van der Waals surface area contributed by atoms with Crippen LogP contribution in [0.25, 0.3) is 11.2 Å². The van der Waals surface area contributed by atoms with Crippen LogP contribution in [0, 0.1) is 5.92 Å². The van der Waals surface area contributed by atoms with Crippen LogP contribution < -0.4 is 5.56 Å². The second-order valence-electron chi connectivity index (χ2n) is 4.65. The Morgan fingerprint density at radius 1 is 1.53 bits per heavy atom. The molecule has 3 heterocycles. The van der Waals surface area contributed by atoms with Crippen LogP contribution >= 0.6 is 0 Å². The smallest absolute Gasteiger partial charge is 0.278 e. The lowest BCUT2D eigenvalue weighted by atomic mass is 10.0. The van der Waals surface area contributed by atoms with Crippen molar-refractivity contribution in [2.45, 2.75) is 25.4 Å². The van der Waals surface area contributed by atoms with E-state index in [2.05, 4.69) is 15.0 Å². The second-order valence-corrected chi connectivity index (χ2v) is 4.65. The Morgan fingerprint density at radius 3 is 3.00 bits per heavy atom. The van der Waals surface area contributed by atoms with Crippen LogP contribution in [-0.4, -0.2) is 48.5 Å². The van der Waals surface area contributed by atoms with E-state index in [-0.39, 0.29) is 23.6 Å². The molecule has 8 nitrogen and oxygen atoms in total. The highest BCUT2D eigenvalue weighted by Crippen LogP contribution is 2.35. The van der Waals surface area contributed by atoms with Gasteiger partial charge in [0.05, 0.1) is 25.4 Å². The highest BCUT2D eigenvalue weighted by Gasteiger charge is 2.42. The van der Waals surface area contributed by atoms with Crippen LogP contribution in [0.15, 0.2) is 17.4 Å². The van der Waals surface area contributed by atoms with Crippen molar-refractivity contribution in [1.29, 1.82) is 0 Å². The van der Waals surface area contributed by atoms with Crippen LogP contribution in [0.5, 0.6) is 0 Å². The van der Waals surface area contributed by atoms with Gasteiger partial charge in [-0.3, -0.25) is 9.36 Å². The first-order valence-corrected chi connectivity index (χ1v) is 5.98. The van der Waals surface area contributed by atoms with E-state index in [9.17, 15) is 9.90 Å². The van der Waals surface area contributed by atoms with E-state index in [1.807, 2.05) is 6.92 Å². The fourth-order valence-electron chi connectivity index (χ4n) is 2.41. The molecule has 102 valence electrons. The van der Waals surface area contributed by atoms with Crippen LogP contribution in [0.4, 0.5) is 0 Å². The minimum atomic E-state index is -0.769. The molecule has 1 aliphatic rings. The lowest BCUT2D eigenvalue weighted by molar-refractivity contribution is -0.0447. The van der Waals surface area contributed by atoms with Crippen molar-refractivity contribution in [3.63, 3.8) is 0 Å². The van der Waals surface area contributed by atoms with Crippen molar-refractivity contribution in [3.8, 4) is 0 Å². The van der Waals surface area contributed by atoms with Crippen molar-refractivity contribution < 1.29 is 14.9 Å². The topological polar surface area (TPSA) is 113 Å². The Labute approximate surface area is 107 Å². The van der Waals surface area contributed by atoms with E-state index < -0.39 is 18.4 Å². The summed E-state index contributed by atoms with van der Waals surface area (Å²) in [4.78, 5) is 22.1.